The molecule has 4 heteroatoms. The maximum Gasteiger partial charge on any atom is 0.123 e. The number of fused-ring (bicyclic) bond motifs is 1. The first-order valence-corrected chi connectivity index (χ1v) is 5.86. The van der Waals surface area contributed by atoms with Crippen molar-refractivity contribution in [3.8, 4) is 28.4 Å². The number of phenols is 2. The molecule has 0 saturated carbocycles. The maximum absolute atomic E-state index is 9.94. The van der Waals surface area contributed by atoms with Gasteiger partial charge in [0, 0.05) is 28.2 Å². The number of hydrogen-bond donors (Lipinski definition) is 3. The van der Waals surface area contributed by atoms with Gasteiger partial charge in [-0.05, 0) is 36.4 Å². The Balaban J connectivity index is 2.27. The van der Waals surface area contributed by atoms with Gasteiger partial charge >= 0.3 is 0 Å². The highest BCUT2D eigenvalue weighted by atomic mass is 16.5. The van der Waals surface area contributed by atoms with E-state index >= 15 is 0 Å². The summed E-state index contributed by atoms with van der Waals surface area (Å²) in [5.41, 5.74) is 2.35. The Morgan fingerprint density at radius 3 is 2.63 bits per heavy atom. The van der Waals surface area contributed by atoms with Crippen molar-refractivity contribution in [1.82, 2.24) is 4.98 Å². The summed E-state index contributed by atoms with van der Waals surface area (Å²) < 4.78 is 5.21. The van der Waals surface area contributed by atoms with Crippen molar-refractivity contribution >= 4 is 10.9 Å². The number of aromatic amines is 1. The minimum atomic E-state index is 0.116. The van der Waals surface area contributed by atoms with Gasteiger partial charge in [-0.25, -0.2) is 0 Å². The fourth-order valence-corrected chi connectivity index (χ4v) is 2.19. The van der Waals surface area contributed by atoms with Gasteiger partial charge in [-0.3, -0.25) is 0 Å². The minimum absolute atomic E-state index is 0.116. The molecule has 3 aromatic rings. The van der Waals surface area contributed by atoms with Gasteiger partial charge in [-0.15, -0.1) is 0 Å². The van der Waals surface area contributed by atoms with Crippen LogP contribution in [0.1, 0.15) is 0 Å². The molecular weight excluding hydrogens is 242 g/mol. The predicted molar refractivity (Wildman–Crippen MR) is 73.6 cm³/mol. The molecule has 0 atom stereocenters. The molecule has 1 heterocycles. The third-order valence-electron chi connectivity index (χ3n) is 3.16. The van der Waals surface area contributed by atoms with Gasteiger partial charge < -0.3 is 19.9 Å². The molecule has 1 aromatic heterocycles. The van der Waals surface area contributed by atoms with Crippen LogP contribution in [-0.4, -0.2) is 22.3 Å². The molecule has 0 fully saturated rings. The molecule has 0 aliphatic heterocycles. The summed E-state index contributed by atoms with van der Waals surface area (Å²) in [4.78, 5) is 3.14. The zero-order chi connectivity index (χ0) is 13.4. The van der Waals surface area contributed by atoms with Gasteiger partial charge in [0.15, 0.2) is 0 Å². The number of rotatable bonds is 2. The van der Waals surface area contributed by atoms with Crippen molar-refractivity contribution in [2.75, 3.05) is 7.11 Å². The number of methoxy groups -OCH3 is 1. The molecule has 96 valence electrons. The Labute approximate surface area is 109 Å². The van der Waals surface area contributed by atoms with Crippen LogP contribution in [0.3, 0.4) is 0 Å². The highest BCUT2D eigenvalue weighted by Crippen LogP contribution is 2.37. The highest BCUT2D eigenvalue weighted by molar-refractivity contribution is 5.97. The lowest BCUT2D eigenvalue weighted by atomic mass is 10.0. The van der Waals surface area contributed by atoms with E-state index in [-0.39, 0.29) is 11.5 Å². The summed E-state index contributed by atoms with van der Waals surface area (Å²) in [5, 5.41) is 20.4. The van der Waals surface area contributed by atoms with Gasteiger partial charge in [0.2, 0.25) is 0 Å². The Morgan fingerprint density at radius 1 is 1.00 bits per heavy atom. The Morgan fingerprint density at radius 2 is 1.84 bits per heavy atom. The van der Waals surface area contributed by atoms with Crippen LogP contribution in [0.5, 0.6) is 17.2 Å². The largest absolute Gasteiger partial charge is 0.508 e. The van der Waals surface area contributed by atoms with Crippen LogP contribution in [0, 0.1) is 0 Å². The van der Waals surface area contributed by atoms with Crippen LogP contribution in [0.2, 0.25) is 0 Å². The zero-order valence-corrected chi connectivity index (χ0v) is 10.3. The van der Waals surface area contributed by atoms with Crippen molar-refractivity contribution < 1.29 is 14.9 Å². The number of aromatic hydroxyl groups is 2. The number of phenolic OH excluding ortho intramolecular Hbond substituents is 2. The van der Waals surface area contributed by atoms with Crippen LogP contribution < -0.4 is 4.74 Å². The van der Waals surface area contributed by atoms with E-state index < -0.39 is 0 Å². The predicted octanol–water partition coefficient (Wildman–Crippen LogP) is 3.25. The van der Waals surface area contributed by atoms with E-state index in [0.717, 1.165) is 22.2 Å². The van der Waals surface area contributed by atoms with Crippen LogP contribution in [0.25, 0.3) is 22.0 Å². The van der Waals surface area contributed by atoms with E-state index in [1.165, 1.54) is 18.2 Å². The van der Waals surface area contributed by atoms with E-state index in [1.807, 2.05) is 18.2 Å². The molecule has 19 heavy (non-hydrogen) atoms. The molecule has 4 nitrogen and oxygen atoms in total. The number of aromatic nitrogens is 1. The van der Waals surface area contributed by atoms with E-state index in [1.54, 1.807) is 13.3 Å². The molecule has 2 aromatic carbocycles. The van der Waals surface area contributed by atoms with Crippen LogP contribution in [0.15, 0.2) is 42.6 Å². The maximum atomic E-state index is 9.94. The van der Waals surface area contributed by atoms with E-state index in [9.17, 15) is 10.2 Å². The van der Waals surface area contributed by atoms with Crippen LogP contribution >= 0.6 is 0 Å². The lowest BCUT2D eigenvalue weighted by Gasteiger charge is -2.05. The second-order valence-electron chi connectivity index (χ2n) is 4.32. The monoisotopic (exact) mass is 255 g/mol. The number of benzene rings is 2. The fourth-order valence-electron chi connectivity index (χ4n) is 2.19. The zero-order valence-electron chi connectivity index (χ0n) is 10.3. The van der Waals surface area contributed by atoms with Crippen molar-refractivity contribution in [3.63, 3.8) is 0 Å². The second kappa shape index (κ2) is 4.24. The Kier molecular flexibility index (Phi) is 2.56. The summed E-state index contributed by atoms with van der Waals surface area (Å²) in [6, 6.07) is 10.1. The smallest absolute Gasteiger partial charge is 0.123 e. The standard InChI is InChI=1S/C15H13NO3/c1-19-10-3-4-14-11(7-10)13(8-16-14)12-6-9(17)2-5-15(12)18/h2-8,16-18H,1H3. The summed E-state index contributed by atoms with van der Waals surface area (Å²) in [6.45, 7) is 0. The van der Waals surface area contributed by atoms with Crippen LogP contribution in [-0.2, 0) is 0 Å². The van der Waals surface area contributed by atoms with E-state index in [4.69, 9.17) is 4.74 Å². The molecule has 0 aliphatic rings. The third-order valence-corrected chi connectivity index (χ3v) is 3.16. The molecule has 3 rings (SSSR count). The summed E-state index contributed by atoms with van der Waals surface area (Å²) in [6.07, 6.45) is 1.80. The number of hydrogen-bond acceptors (Lipinski definition) is 3. The van der Waals surface area contributed by atoms with Gasteiger partial charge in [-0.2, -0.15) is 0 Å². The topological polar surface area (TPSA) is 65.5 Å². The SMILES string of the molecule is COc1ccc2[nH]cc(-c3cc(O)ccc3O)c2c1. The molecule has 0 amide bonds. The molecule has 0 unspecified atom stereocenters. The lowest BCUT2D eigenvalue weighted by Crippen LogP contribution is -1.82. The highest BCUT2D eigenvalue weighted by Gasteiger charge is 2.11. The van der Waals surface area contributed by atoms with E-state index in [0.29, 0.717) is 5.56 Å². The number of ether oxygens (including phenoxy) is 1. The van der Waals surface area contributed by atoms with Crippen molar-refractivity contribution in [1.29, 1.82) is 0 Å². The summed E-state index contributed by atoms with van der Waals surface area (Å²) >= 11 is 0. The summed E-state index contributed by atoms with van der Waals surface area (Å²) in [5.74, 6) is 0.986. The normalized spacial score (nSPS) is 10.8. The van der Waals surface area contributed by atoms with Gasteiger partial charge in [0.05, 0.1) is 7.11 Å². The van der Waals surface area contributed by atoms with Gasteiger partial charge in [0.25, 0.3) is 0 Å². The first-order chi connectivity index (χ1) is 9.19. The first kappa shape index (κ1) is 11.5. The average Bonchev–Trinajstić information content (AvgIpc) is 2.84. The van der Waals surface area contributed by atoms with Crippen LogP contribution in [0.4, 0.5) is 0 Å². The number of nitrogens with one attached hydrogen (secondary N) is 1. The fraction of sp³-hybridized carbons (Fsp3) is 0.0667. The van der Waals surface area contributed by atoms with Gasteiger partial charge in [0.1, 0.15) is 17.2 Å². The molecule has 0 aliphatic carbocycles. The average molecular weight is 255 g/mol. The third kappa shape index (κ3) is 1.87. The van der Waals surface area contributed by atoms with Crippen molar-refractivity contribution in [2.45, 2.75) is 0 Å². The second-order valence-corrected chi connectivity index (χ2v) is 4.32. The minimum Gasteiger partial charge on any atom is -0.508 e. The molecule has 0 spiro atoms. The van der Waals surface area contributed by atoms with E-state index in [2.05, 4.69) is 4.98 Å². The number of H-pyrrole nitrogens is 1. The molecule has 0 saturated heterocycles. The Bertz CT molecular complexity index is 746. The quantitative estimate of drug-likeness (QED) is 0.616. The Hall–Kier alpha value is -2.62. The van der Waals surface area contributed by atoms with Crippen molar-refractivity contribution in [3.05, 3.63) is 42.6 Å². The molecular formula is C15H13NO3. The van der Waals surface area contributed by atoms with Crippen molar-refractivity contribution in [2.24, 2.45) is 0 Å². The first-order valence-electron chi connectivity index (χ1n) is 5.86. The summed E-state index contributed by atoms with van der Waals surface area (Å²) in [7, 11) is 1.61. The molecule has 3 N–H and O–H groups in total. The lowest BCUT2D eigenvalue weighted by molar-refractivity contribution is 0.415. The molecule has 0 bridgehead atoms. The molecule has 0 radical (unpaired) electrons. The van der Waals surface area contributed by atoms with Gasteiger partial charge in [-0.1, -0.05) is 0 Å².